The molecule has 140 valence electrons. The van der Waals surface area contributed by atoms with Crippen molar-refractivity contribution in [2.45, 2.75) is 44.1 Å². The second kappa shape index (κ2) is 11.6. The van der Waals surface area contributed by atoms with Crippen LogP contribution in [0.3, 0.4) is 0 Å². The molecule has 0 amide bonds. The van der Waals surface area contributed by atoms with Gasteiger partial charge in [-0.1, -0.05) is 18.9 Å². The van der Waals surface area contributed by atoms with E-state index in [1.165, 1.54) is 50.3 Å². The van der Waals surface area contributed by atoms with E-state index in [1.807, 2.05) is 13.1 Å². The molecule has 0 spiro atoms. The summed E-state index contributed by atoms with van der Waals surface area (Å²) >= 11 is 2.10. The van der Waals surface area contributed by atoms with Gasteiger partial charge in [-0.25, -0.2) is 0 Å². The molecule has 6 heteroatoms. The minimum absolute atomic E-state index is 0. The highest BCUT2D eigenvalue weighted by Crippen LogP contribution is 2.36. The lowest BCUT2D eigenvalue weighted by Crippen LogP contribution is -2.57. The molecule has 0 radical (unpaired) electrons. The Morgan fingerprint density at radius 3 is 2.58 bits per heavy atom. The molecular formula is C18H35IN4S. The maximum absolute atomic E-state index is 4.49. The van der Waals surface area contributed by atoms with Crippen LogP contribution in [-0.2, 0) is 0 Å². The highest BCUT2D eigenvalue weighted by molar-refractivity contribution is 14.0. The average molecular weight is 466 g/mol. The van der Waals surface area contributed by atoms with E-state index in [9.17, 15) is 0 Å². The topological polar surface area (TPSA) is 30.9 Å². The third-order valence-corrected chi connectivity index (χ3v) is 6.21. The summed E-state index contributed by atoms with van der Waals surface area (Å²) in [6.45, 7) is 8.37. The minimum atomic E-state index is 0. The largest absolute Gasteiger partial charge is 0.354 e. The fourth-order valence-corrected chi connectivity index (χ4v) is 4.79. The van der Waals surface area contributed by atoms with Crippen molar-refractivity contribution in [1.82, 2.24) is 15.1 Å². The first kappa shape index (κ1) is 22.1. The van der Waals surface area contributed by atoms with Gasteiger partial charge in [0.1, 0.15) is 0 Å². The summed E-state index contributed by atoms with van der Waals surface area (Å²) in [4.78, 5) is 9.49. The van der Waals surface area contributed by atoms with Crippen molar-refractivity contribution >= 4 is 41.7 Å². The van der Waals surface area contributed by atoms with E-state index in [4.69, 9.17) is 0 Å². The van der Waals surface area contributed by atoms with Gasteiger partial charge in [0, 0.05) is 57.3 Å². The first-order chi connectivity index (χ1) is 11.2. The SMILES string of the molecule is C=CCCCN(C)C(=NC)NCC1(N2CCSCC2)CCCC1.I. The van der Waals surface area contributed by atoms with E-state index >= 15 is 0 Å². The van der Waals surface area contributed by atoms with Gasteiger partial charge in [-0.15, -0.1) is 30.6 Å². The zero-order chi connectivity index (χ0) is 16.5. The number of nitrogens with zero attached hydrogens (tertiary/aromatic N) is 3. The Balaban J connectivity index is 0.00000288. The number of hydrogen-bond donors (Lipinski definition) is 1. The number of unbranched alkanes of at least 4 members (excludes halogenated alkanes) is 1. The molecule has 2 fully saturated rings. The molecular weight excluding hydrogens is 431 g/mol. The number of allylic oxidation sites excluding steroid dienone is 1. The predicted molar refractivity (Wildman–Crippen MR) is 119 cm³/mol. The average Bonchev–Trinajstić information content (AvgIpc) is 3.07. The van der Waals surface area contributed by atoms with Crippen LogP contribution in [0.5, 0.6) is 0 Å². The number of aliphatic imine (C=N–C) groups is 1. The molecule has 0 bridgehead atoms. The zero-order valence-corrected chi connectivity index (χ0v) is 18.6. The minimum Gasteiger partial charge on any atom is -0.354 e. The van der Waals surface area contributed by atoms with Crippen LogP contribution in [0.15, 0.2) is 17.6 Å². The summed E-state index contributed by atoms with van der Waals surface area (Å²) in [7, 11) is 4.03. The number of guanidine groups is 1. The highest BCUT2D eigenvalue weighted by Gasteiger charge is 2.40. The van der Waals surface area contributed by atoms with Crippen molar-refractivity contribution in [3.8, 4) is 0 Å². The second-order valence-corrected chi connectivity index (χ2v) is 8.01. The summed E-state index contributed by atoms with van der Waals surface area (Å²) in [5.41, 5.74) is 0.360. The van der Waals surface area contributed by atoms with Crippen LogP contribution in [0.1, 0.15) is 38.5 Å². The van der Waals surface area contributed by atoms with Crippen LogP contribution in [-0.4, -0.2) is 73.1 Å². The number of thioether (sulfide) groups is 1. The normalized spacial score (nSPS) is 21.2. The smallest absolute Gasteiger partial charge is 0.193 e. The molecule has 0 aromatic heterocycles. The first-order valence-corrected chi connectivity index (χ1v) is 10.2. The van der Waals surface area contributed by atoms with Crippen LogP contribution in [0.2, 0.25) is 0 Å². The van der Waals surface area contributed by atoms with E-state index in [0.717, 1.165) is 31.9 Å². The van der Waals surface area contributed by atoms with E-state index in [-0.39, 0.29) is 24.0 Å². The zero-order valence-electron chi connectivity index (χ0n) is 15.4. The first-order valence-electron chi connectivity index (χ1n) is 9.07. The van der Waals surface area contributed by atoms with E-state index in [0.29, 0.717) is 5.54 Å². The van der Waals surface area contributed by atoms with Gasteiger partial charge in [0.05, 0.1) is 0 Å². The molecule has 1 saturated heterocycles. The van der Waals surface area contributed by atoms with Crippen molar-refractivity contribution in [1.29, 1.82) is 0 Å². The molecule has 4 nitrogen and oxygen atoms in total. The van der Waals surface area contributed by atoms with Crippen LogP contribution >= 0.6 is 35.7 Å². The molecule has 1 heterocycles. The Kier molecular flexibility index (Phi) is 10.7. The van der Waals surface area contributed by atoms with Gasteiger partial charge in [0.15, 0.2) is 5.96 Å². The Hall–Kier alpha value is 0.0500. The molecule has 1 saturated carbocycles. The van der Waals surface area contributed by atoms with Crippen LogP contribution in [0.25, 0.3) is 0 Å². The van der Waals surface area contributed by atoms with Crippen LogP contribution < -0.4 is 5.32 Å². The molecule has 0 aromatic rings. The molecule has 1 aliphatic carbocycles. The quantitative estimate of drug-likeness (QED) is 0.205. The summed E-state index contributed by atoms with van der Waals surface area (Å²) in [5.74, 6) is 3.61. The van der Waals surface area contributed by atoms with E-state index in [1.54, 1.807) is 0 Å². The van der Waals surface area contributed by atoms with Gasteiger partial charge in [-0.2, -0.15) is 11.8 Å². The van der Waals surface area contributed by atoms with Gasteiger partial charge in [-0.05, 0) is 25.7 Å². The lowest BCUT2D eigenvalue weighted by Gasteiger charge is -2.44. The molecule has 1 aliphatic heterocycles. The fourth-order valence-electron chi connectivity index (χ4n) is 3.88. The lowest BCUT2D eigenvalue weighted by atomic mass is 9.94. The van der Waals surface area contributed by atoms with Crippen LogP contribution in [0, 0.1) is 0 Å². The molecule has 24 heavy (non-hydrogen) atoms. The summed E-state index contributed by atoms with van der Waals surface area (Å²) in [6.07, 6.45) is 9.61. The second-order valence-electron chi connectivity index (χ2n) is 6.78. The third-order valence-electron chi connectivity index (χ3n) is 5.27. The summed E-state index contributed by atoms with van der Waals surface area (Å²) < 4.78 is 0. The van der Waals surface area contributed by atoms with Gasteiger partial charge >= 0.3 is 0 Å². The van der Waals surface area contributed by atoms with Gasteiger partial charge in [0.25, 0.3) is 0 Å². The van der Waals surface area contributed by atoms with Crippen molar-refractivity contribution < 1.29 is 0 Å². The Labute approximate surface area is 169 Å². The monoisotopic (exact) mass is 466 g/mol. The molecule has 1 N–H and O–H groups in total. The van der Waals surface area contributed by atoms with Crippen molar-refractivity contribution in [2.24, 2.45) is 4.99 Å². The summed E-state index contributed by atoms with van der Waals surface area (Å²) in [6, 6.07) is 0. The number of hydrogen-bond acceptors (Lipinski definition) is 3. The Morgan fingerprint density at radius 1 is 1.33 bits per heavy atom. The highest BCUT2D eigenvalue weighted by atomic mass is 127. The Morgan fingerprint density at radius 2 is 2.00 bits per heavy atom. The predicted octanol–water partition coefficient (Wildman–Crippen LogP) is 3.44. The van der Waals surface area contributed by atoms with Crippen molar-refractivity contribution in [2.75, 3.05) is 51.8 Å². The lowest BCUT2D eigenvalue weighted by molar-refractivity contribution is 0.106. The number of halogens is 1. The van der Waals surface area contributed by atoms with Gasteiger partial charge in [0.2, 0.25) is 0 Å². The van der Waals surface area contributed by atoms with E-state index < -0.39 is 0 Å². The fraction of sp³-hybridized carbons (Fsp3) is 0.833. The molecule has 0 unspecified atom stereocenters. The van der Waals surface area contributed by atoms with Gasteiger partial charge in [-0.3, -0.25) is 9.89 Å². The molecule has 0 aromatic carbocycles. The maximum atomic E-state index is 4.49. The van der Waals surface area contributed by atoms with Crippen molar-refractivity contribution in [3.63, 3.8) is 0 Å². The maximum Gasteiger partial charge on any atom is 0.193 e. The van der Waals surface area contributed by atoms with E-state index in [2.05, 4.69) is 45.5 Å². The molecule has 2 aliphatic rings. The number of nitrogens with one attached hydrogen (secondary N) is 1. The molecule has 0 atom stereocenters. The van der Waals surface area contributed by atoms with Gasteiger partial charge < -0.3 is 10.2 Å². The summed E-state index contributed by atoms with van der Waals surface area (Å²) in [5, 5.41) is 3.68. The van der Waals surface area contributed by atoms with Crippen LogP contribution in [0.4, 0.5) is 0 Å². The molecule has 2 rings (SSSR count). The van der Waals surface area contributed by atoms with Crippen molar-refractivity contribution in [3.05, 3.63) is 12.7 Å². The standard InChI is InChI=1S/C18H34N4S.HI/c1-4-5-8-11-21(3)17(19-2)20-16-18(9-6-7-10-18)22-12-14-23-15-13-22;/h4H,1,5-16H2,2-3H3,(H,19,20);1H. The third kappa shape index (κ3) is 6.09. The Bertz CT molecular complexity index is 390. The number of rotatable bonds is 7.